The summed E-state index contributed by atoms with van der Waals surface area (Å²) >= 11 is 0. The lowest BCUT2D eigenvalue weighted by Crippen LogP contribution is -2.75. The van der Waals surface area contributed by atoms with Crippen molar-refractivity contribution in [1.82, 2.24) is 4.57 Å². The average molecular weight is 653 g/mol. The van der Waals surface area contributed by atoms with Gasteiger partial charge in [-0.15, -0.1) is 0 Å². The van der Waals surface area contributed by atoms with Crippen LogP contribution in [0, 0.1) is 34.0 Å². The van der Waals surface area contributed by atoms with Crippen molar-refractivity contribution in [1.29, 1.82) is 15.8 Å². The molecule has 0 N–H and O–H groups in total. The Bertz CT molecular complexity index is 2580. The molecule has 8 aromatic rings. The zero-order chi connectivity index (χ0) is 34.1. The molecule has 1 heterocycles. The van der Waals surface area contributed by atoms with E-state index >= 15 is 0 Å². The summed E-state index contributed by atoms with van der Waals surface area (Å²) in [6.45, 7) is 0. The number of nitrogens with zero attached hydrogens (tertiary/aromatic N) is 4. The van der Waals surface area contributed by atoms with Gasteiger partial charge in [0.25, 0.3) is 0 Å². The SMILES string of the molecule is N#Cc1cc(C#N)c(-c2ccccc2[Si](c2ccccc2)(c2ccccc2)c2ccccc2)c(-n2c3ccccc3c3cc(C#N)ccc32)c1. The summed E-state index contributed by atoms with van der Waals surface area (Å²) < 4.78 is 2.15. The largest absolute Gasteiger partial charge is 0.309 e. The molecule has 232 valence electrons. The van der Waals surface area contributed by atoms with Gasteiger partial charge < -0.3 is 4.57 Å². The lowest BCUT2D eigenvalue weighted by atomic mass is 9.95. The molecule has 0 atom stereocenters. The summed E-state index contributed by atoms with van der Waals surface area (Å²) in [6.07, 6.45) is 0. The summed E-state index contributed by atoms with van der Waals surface area (Å²) in [7, 11) is -3.03. The van der Waals surface area contributed by atoms with E-state index in [1.165, 1.54) is 15.6 Å². The standard InChI is InChI=1S/C45H28N4Si/c46-29-32-24-25-42-40(27-32)38-20-10-12-22-41(38)49(42)43-28-33(30-47)26-34(31-48)45(43)39-21-11-13-23-44(39)50(35-14-4-1-5-15-35,36-16-6-2-7-17-36)37-18-8-3-9-19-37/h1-28H. The van der Waals surface area contributed by atoms with Gasteiger partial charge in [0.2, 0.25) is 0 Å². The molecule has 8 rings (SSSR count). The van der Waals surface area contributed by atoms with Crippen LogP contribution in [0.2, 0.25) is 0 Å². The molecule has 0 aliphatic rings. The van der Waals surface area contributed by atoms with E-state index in [0.717, 1.165) is 43.8 Å². The van der Waals surface area contributed by atoms with E-state index in [2.05, 4.69) is 144 Å². The predicted octanol–water partition coefficient (Wildman–Crippen LogP) is 7.44. The fraction of sp³-hybridized carbons (Fsp3) is 0. The van der Waals surface area contributed by atoms with Crippen molar-refractivity contribution in [3.63, 3.8) is 0 Å². The molecule has 50 heavy (non-hydrogen) atoms. The van der Waals surface area contributed by atoms with Crippen LogP contribution in [0.15, 0.2) is 170 Å². The van der Waals surface area contributed by atoms with Gasteiger partial charge in [0.15, 0.2) is 8.07 Å². The zero-order valence-electron chi connectivity index (χ0n) is 27.0. The number of fused-ring (bicyclic) bond motifs is 3. The zero-order valence-corrected chi connectivity index (χ0v) is 28.0. The van der Waals surface area contributed by atoms with Crippen LogP contribution < -0.4 is 20.7 Å². The van der Waals surface area contributed by atoms with Crippen LogP contribution in [-0.4, -0.2) is 12.6 Å². The van der Waals surface area contributed by atoms with Crippen molar-refractivity contribution in [2.75, 3.05) is 0 Å². The smallest absolute Gasteiger partial charge is 0.180 e. The minimum Gasteiger partial charge on any atom is -0.309 e. The van der Waals surface area contributed by atoms with E-state index in [9.17, 15) is 15.8 Å². The number of benzene rings is 7. The Kier molecular flexibility index (Phi) is 7.63. The summed E-state index contributed by atoms with van der Waals surface area (Å²) in [4.78, 5) is 0. The third kappa shape index (κ3) is 4.72. The molecular formula is C45H28N4Si. The van der Waals surface area contributed by atoms with Crippen LogP contribution in [0.5, 0.6) is 0 Å². The highest BCUT2D eigenvalue weighted by molar-refractivity contribution is 7.20. The Hall–Kier alpha value is -6.97. The maximum Gasteiger partial charge on any atom is 0.180 e. The third-order valence-corrected chi connectivity index (χ3v) is 14.5. The van der Waals surface area contributed by atoms with Gasteiger partial charge in [0.05, 0.1) is 51.6 Å². The molecule has 0 aliphatic heterocycles. The maximum absolute atomic E-state index is 10.9. The molecule has 0 fully saturated rings. The Morgan fingerprint density at radius 3 is 1.58 bits per heavy atom. The molecule has 0 aliphatic carbocycles. The maximum atomic E-state index is 10.9. The summed E-state index contributed by atoms with van der Waals surface area (Å²) in [5, 5.41) is 37.6. The van der Waals surface area contributed by atoms with Crippen LogP contribution in [0.3, 0.4) is 0 Å². The van der Waals surface area contributed by atoms with Gasteiger partial charge >= 0.3 is 0 Å². The molecule has 1 aromatic heterocycles. The number of hydrogen-bond donors (Lipinski definition) is 0. The highest BCUT2D eigenvalue weighted by Crippen LogP contribution is 2.38. The van der Waals surface area contributed by atoms with Crippen LogP contribution in [-0.2, 0) is 0 Å². The number of hydrogen-bond acceptors (Lipinski definition) is 3. The van der Waals surface area contributed by atoms with Crippen molar-refractivity contribution in [3.8, 4) is 35.0 Å². The monoisotopic (exact) mass is 652 g/mol. The molecule has 0 saturated carbocycles. The Balaban J connectivity index is 1.56. The topological polar surface area (TPSA) is 76.3 Å². The molecule has 0 amide bonds. The predicted molar refractivity (Wildman–Crippen MR) is 204 cm³/mol. The highest BCUT2D eigenvalue weighted by atomic mass is 28.3. The van der Waals surface area contributed by atoms with E-state index in [-0.39, 0.29) is 0 Å². The fourth-order valence-electron chi connectivity index (χ4n) is 7.60. The van der Waals surface area contributed by atoms with Crippen LogP contribution in [0.25, 0.3) is 38.6 Å². The first-order chi connectivity index (χ1) is 24.7. The van der Waals surface area contributed by atoms with Crippen molar-refractivity contribution in [3.05, 3.63) is 187 Å². The van der Waals surface area contributed by atoms with E-state index in [1.54, 1.807) is 6.07 Å². The third-order valence-electron chi connectivity index (χ3n) is 9.63. The molecule has 7 aromatic carbocycles. The van der Waals surface area contributed by atoms with Gasteiger partial charge in [0, 0.05) is 16.3 Å². The number of nitriles is 3. The lowest BCUT2D eigenvalue weighted by molar-refractivity contribution is 1.17. The first-order valence-corrected chi connectivity index (χ1v) is 18.4. The summed E-state index contributed by atoms with van der Waals surface area (Å²) in [5.41, 5.74) is 5.63. The quantitative estimate of drug-likeness (QED) is 0.138. The minimum absolute atomic E-state index is 0.398. The Morgan fingerprint density at radius 1 is 0.440 bits per heavy atom. The number of para-hydroxylation sites is 1. The van der Waals surface area contributed by atoms with E-state index in [1.807, 2.05) is 42.5 Å². The van der Waals surface area contributed by atoms with E-state index in [0.29, 0.717) is 16.7 Å². The normalized spacial score (nSPS) is 11.1. The molecule has 4 nitrogen and oxygen atoms in total. The second-order valence-electron chi connectivity index (χ2n) is 12.2. The molecular weight excluding hydrogens is 625 g/mol. The second kappa shape index (κ2) is 12.6. The molecule has 0 spiro atoms. The molecule has 0 unspecified atom stereocenters. The van der Waals surface area contributed by atoms with Gasteiger partial charge in [-0.25, -0.2) is 0 Å². The molecule has 0 bridgehead atoms. The van der Waals surface area contributed by atoms with Gasteiger partial charge in [0.1, 0.15) is 0 Å². The van der Waals surface area contributed by atoms with Crippen LogP contribution in [0.1, 0.15) is 16.7 Å². The number of aromatic nitrogens is 1. The van der Waals surface area contributed by atoms with Gasteiger partial charge in [-0.05, 0) is 62.7 Å². The van der Waals surface area contributed by atoms with Crippen molar-refractivity contribution in [2.45, 2.75) is 0 Å². The fourth-order valence-corrected chi connectivity index (χ4v) is 12.6. The Morgan fingerprint density at radius 2 is 0.980 bits per heavy atom. The van der Waals surface area contributed by atoms with Crippen molar-refractivity contribution >= 4 is 50.6 Å². The van der Waals surface area contributed by atoms with E-state index < -0.39 is 8.07 Å². The van der Waals surface area contributed by atoms with Gasteiger partial charge in [-0.3, -0.25) is 0 Å². The minimum atomic E-state index is -3.03. The molecule has 0 saturated heterocycles. The Labute approximate surface area is 291 Å². The van der Waals surface area contributed by atoms with Crippen LogP contribution in [0.4, 0.5) is 0 Å². The first kappa shape index (κ1) is 30.4. The van der Waals surface area contributed by atoms with Gasteiger partial charge in [-0.1, -0.05) is 133 Å². The highest BCUT2D eigenvalue weighted by Gasteiger charge is 2.43. The summed E-state index contributed by atoms with van der Waals surface area (Å²) in [5.74, 6) is 0. The van der Waals surface area contributed by atoms with Gasteiger partial charge in [-0.2, -0.15) is 15.8 Å². The first-order valence-electron chi connectivity index (χ1n) is 16.4. The number of rotatable bonds is 6. The molecule has 5 heteroatoms. The van der Waals surface area contributed by atoms with Crippen molar-refractivity contribution in [2.24, 2.45) is 0 Å². The van der Waals surface area contributed by atoms with Crippen LogP contribution >= 0.6 is 0 Å². The lowest BCUT2D eigenvalue weighted by Gasteiger charge is -2.36. The van der Waals surface area contributed by atoms with E-state index in [4.69, 9.17) is 0 Å². The summed E-state index contributed by atoms with van der Waals surface area (Å²) in [6, 6.07) is 65.1. The second-order valence-corrected chi connectivity index (χ2v) is 16.0. The van der Waals surface area contributed by atoms with Crippen molar-refractivity contribution < 1.29 is 0 Å². The average Bonchev–Trinajstić information content (AvgIpc) is 3.52. The molecule has 0 radical (unpaired) electrons.